The number of hydrogen-bond donors (Lipinski definition) is 0. The van der Waals surface area contributed by atoms with E-state index in [1.54, 1.807) is 30.2 Å². The molecule has 0 unspecified atom stereocenters. The topological polar surface area (TPSA) is 60.2 Å². The number of ether oxygens (including phenoxy) is 1. The quantitative estimate of drug-likeness (QED) is 0.861. The predicted molar refractivity (Wildman–Crippen MR) is 88.9 cm³/mol. The summed E-state index contributed by atoms with van der Waals surface area (Å²) in [7, 11) is 1.75. The van der Waals surface area contributed by atoms with Crippen LogP contribution in [0.3, 0.4) is 0 Å². The molecule has 0 radical (unpaired) electrons. The lowest BCUT2D eigenvalue weighted by atomic mass is 9.98. The van der Waals surface area contributed by atoms with Gasteiger partial charge in [0.25, 0.3) is 5.56 Å². The Morgan fingerprint density at radius 1 is 1.26 bits per heavy atom. The van der Waals surface area contributed by atoms with Crippen molar-refractivity contribution in [3.05, 3.63) is 46.6 Å². The lowest BCUT2D eigenvalue weighted by molar-refractivity contribution is 0.214. The molecule has 23 heavy (non-hydrogen) atoms. The van der Waals surface area contributed by atoms with Crippen molar-refractivity contribution in [2.45, 2.75) is 19.8 Å². The van der Waals surface area contributed by atoms with Crippen molar-refractivity contribution in [3.63, 3.8) is 0 Å². The fraction of sp³-hybridized carbons (Fsp3) is 0.471. The molecule has 1 fully saturated rings. The Kier molecular flexibility index (Phi) is 4.60. The van der Waals surface area contributed by atoms with E-state index >= 15 is 0 Å². The second-order valence-corrected chi connectivity index (χ2v) is 6.03. The molecule has 0 spiro atoms. The summed E-state index contributed by atoms with van der Waals surface area (Å²) < 4.78 is 7.42. The number of aromatic nitrogens is 3. The molecular weight excluding hydrogens is 292 g/mol. The average molecular weight is 314 g/mol. The van der Waals surface area contributed by atoms with Crippen LogP contribution in [0.25, 0.3) is 0 Å². The highest BCUT2D eigenvalue weighted by Gasteiger charge is 2.22. The molecule has 2 aromatic rings. The minimum Gasteiger partial charge on any atom is -0.477 e. The van der Waals surface area contributed by atoms with Crippen LogP contribution in [0.2, 0.25) is 0 Å². The molecule has 122 valence electrons. The number of piperidine rings is 1. The highest BCUT2D eigenvalue weighted by molar-refractivity contribution is 5.36. The summed E-state index contributed by atoms with van der Waals surface area (Å²) in [6.07, 6.45) is 7.09. The number of anilines is 1. The third-order valence-corrected chi connectivity index (χ3v) is 4.33. The summed E-state index contributed by atoms with van der Waals surface area (Å²) in [5, 5.41) is 0. The summed E-state index contributed by atoms with van der Waals surface area (Å²) >= 11 is 0. The van der Waals surface area contributed by atoms with Crippen molar-refractivity contribution >= 4 is 5.82 Å². The Bertz CT molecular complexity index is 721. The summed E-state index contributed by atoms with van der Waals surface area (Å²) in [5.74, 6) is 1.75. The van der Waals surface area contributed by atoms with E-state index in [2.05, 4.69) is 14.9 Å². The summed E-state index contributed by atoms with van der Waals surface area (Å²) in [4.78, 5) is 22.7. The number of nitrogens with zero attached hydrogens (tertiary/aromatic N) is 4. The molecule has 0 aliphatic carbocycles. The maximum absolute atomic E-state index is 12.1. The molecule has 3 rings (SSSR count). The van der Waals surface area contributed by atoms with Crippen molar-refractivity contribution in [1.82, 2.24) is 14.5 Å². The van der Waals surface area contributed by atoms with Gasteiger partial charge in [0.15, 0.2) is 5.82 Å². The zero-order valence-corrected chi connectivity index (χ0v) is 13.6. The van der Waals surface area contributed by atoms with Gasteiger partial charge in [-0.15, -0.1) is 0 Å². The molecule has 6 heteroatoms. The lowest BCUT2D eigenvalue weighted by Crippen LogP contribution is -2.40. The fourth-order valence-electron chi connectivity index (χ4n) is 2.83. The fourth-order valence-corrected chi connectivity index (χ4v) is 2.83. The second kappa shape index (κ2) is 6.81. The number of rotatable bonds is 4. The van der Waals surface area contributed by atoms with Crippen LogP contribution in [-0.4, -0.2) is 34.2 Å². The van der Waals surface area contributed by atoms with Gasteiger partial charge in [-0.3, -0.25) is 4.79 Å². The molecule has 1 saturated heterocycles. The van der Waals surface area contributed by atoms with Gasteiger partial charge < -0.3 is 14.2 Å². The third kappa shape index (κ3) is 3.52. The molecule has 6 nitrogen and oxygen atoms in total. The van der Waals surface area contributed by atoms with Gasteiger partial charge in [-0.05, 0) is 31.7 Å². The Labute approximate surface area is 135 Å². The SMILES string of the molecule is Cc1cccnc1OCC1CCN(c2nccn(C)c2=O)CC1. The molecule has 0 amide bonds. The van der Waals surface area contributed by atoms with Crippen molar-refractivity contribution in [2.75, 3.05) is 24.6 Å². The van der Waals surface area contributed by atoms with Crippen LogP contribution in [-0.2, 0) is 7.05 Å². The van der Waals surface area contributed by atoms with E-state index < -0.39 is 0 Å². The van der Waals surface area contributed by atoms with Gasteiger partial charge in [0.05, 0.1) is 6.61 Å². The van der Waals surface area contributed by atoms with Crippen molar-refractivity contribution < 1.29 is 4.74 Å². The normalized spacial score (nSPS) is 15.7. The van der Waals surface area contributed by atoms with Crippen molar-refractivity contribution in [3.8, 4) is 5.88 Å². The van der Waals surface area contributed by atoms with E-state index in [9.17, 15) is 4.79 Å². The molecular formula is C17H22N4O2. The molecule has 0 saturated carbocycles. The highest BCUT2D eigenvalue weighted by atomic mass is 16.5. The van der Waals surface area contributed by atoms with Crippen LogP contribution < -0.4 is 15.2 Å². The van der Waals surface area contributed by atoms with Crippen LogP contribution >= 0.6 is 0 Å². The minimum atomic E-state index is -0.0358. The Hall–Kier alpha value is -2.37. The first kappa shape index (κ1) is 15.5. The first-order chi connectivity index (χ1) is 11.1. The molecule has 0 aromatic carbocycles. The zero-order valence-electron chi connectivity index (χ0n) is 13.6. The highest BCUT2D eigenvalue weighted by Crippen LogP contribution is 2.21. The van der Waals surface area contributed by atoms with E-state index in [0.29, 0.717) is 24.2 Å². The first-order valence-electron chi connectivity index (χ1n) is 7.96. The largest absolute Gasteiger partial charge is 0.477 e. The zero-order chi connectivity index (χ0) is 16.2. The summed E-state index contributed by atoms with van der Waals surface area (Å²) in [6.45, 7) is 4.34. The summed E-state index contributed by atoms with van der Waals surface area (Å²) in [6, 6.07) is 3.91. The van der Waals surface area contributed by atoms with Crippen LogP contribution in [0.15, 0.2) is 35.5 Å². The van der Waals surface area contributed by atoms with E-state index in [4.69, 9.17) is 4.74 Å². The van der Waals surface area contributed by atoms with E-state index in [0.717, 1.165) is 31.5 Å². The second-order valence-electron chi connectivity index (χ2n) is 6.03. The number of hydrogen-bond acceptors (Lipinski definition) is 5. The molecule has 0 N–H and O–H groups in total. The maximum Gasteiger partial charge on any atom is 0.293 e. The van der Waals surface area contributed by atoms with Gasteiger partial charge in [0.2, 0.25) is 5.88 Å². The van der Waals surface area contributed by atoms with Crippen LogP contribution in [0, 0.1) is 12.8 Å². The van der Waals surface area contributed by atoms with E-state index in [1.807, 2.05) is 19.1 Å². The lowest BCUT2D eigenvalue weighted by Gasteiger charge is -2.32. The maximum atomic E-state index is 12.1. The van der Waals surface area contributed by atoms with Gasteiger partial charge in [0, 0.05) is 44.3 Å². The van der Waals surface area contributed by atoms with Gasteiger partial charge in [-0.2, -0.15) is 0 Å². The predicted octanol–water partition coefficient (Wildman–Crippen LogP) is 1.78. The average Bonchev–Trinajstić information content (AvgIpc) is 2.57. The van der Waals surface area contributed by atoms with Gasteiger partial charge in [0.1, 0.15) is 0 Å². The first-order valence-corrected chi connectivity index (χ1v) is 7.96. The molecule has 3 heterocycles. The molecule has 2 aromatic heterocycles. The van der Waals surface area contributed by atoms with Crippen LogP contribution in [0.4, 0.5) is 5.82 Å². The Balaban J connectivity index is 1.55. The minimum absolute atomic E-state index is 0.0358. The van der Waals surface area contributed by atoms with Gasteiger partial charge >= 0.3 is 0 Å². The van der Waals surface area contributed by atoms with E-state index in [1.165, 1.54) is 0 Å². The molecule has 0 atom stereocenters. The standard InChI is InChI=1S/C17H22N4O2/c1-13-4-3-7-19-16(13)23-12-14-5-9-21(10-6-14)15-17(22)20(2)11-8-18-15/h3-4,7-8,11,14H,5-6,9-10,12H2,1-2H3. The van der Waals surface area contributed by atoms with Crippen LogP contribution in [0.1, 0.15) is 18.4 Å². The van der Waals surface area contributed by atoms with Gasteiger partial charge in [-0.25, -0.2) is 9.97 Å². The monoisotopic (exact) mass is 314 g/mol. The number of pyridine rings is 1. The van der Waals surface area contributed by atoms with Crippen molar-refractivity contribution in [1.29, 1.82) is 0 Å². The van der Waals surface area contributed by atoms with E-state index in [-0.39, 0.29) is 5.56 Å². The van der Waals surface area contributed by atoms with Crippen LogP contribution in [0.5, 0.6) is 5.88 Å². The molecule has 1 aliphatic heterocycles. The van der Waals surface area contributed by atoms with Crippen molar-refractivity contribution in [2.24, 2.45) is 13.0 Å². The molecule has 0 bridgehead atoms. The molecule has 1 aliphatic rings. The Morgan fingerprint density at radius 2 is 2.04 bits per heavy atom. The Morgan fingerprint density at radius 3 is 2.78 bits per heavy atom. The smallest absolute Gasteiger partial charge is 0.293 e. The summed E-state index contributed by atoms with van der Waals surface area (Å²) in [5.41, 5.74) is 1.02. The van der Waals surface area contributed by atoms with Gasteiger partial charge in [-0.1, -0.05) is 6.07 Å². The number of aryl methyl sites for hydroxylation is 2. The third-order valence-electron chi connectivity index (χ3n) is 4.33.